The molecule has 0 aromatic carbocycles. The maximum atomic E-state index is 11.9. The Kier molecular flexibility index (Phi) is 6.10. The highest BCUT2D eigenvalue weighted by atomic mass is 19.4. The number of hydrogen-bond acceptors (Lipinski definition) is 3. The lowest BCUT2D eigenvalue weighted by atomic mass is 9.98. The number of carboxylic acid groups (broad SMARTS) is 1. The molecule has 0 heterocycles. The molecule has 1 unspecified atom stereocenters. The van der Waals surface area contributed by atoms with Gasteiger partial charge in [0.1, 0.15) is 0 Å². The molecule has 106 valence electrons. The minimum absolute atomic E-state index is 0.100. The summed E-state index contributed by atoms with van der Waals surface area (Å²) >= 11 is 0. The fourth-order valence-corrected chi connectivity index (χ4v) is 1.44. The molecule has 0 bridgehead atoms. The highest BCUT2D eigenvalue weighted by molar-refractivity contribution is 5.78. The molecule has 5 nitrogen and oxygen atoms in total. The van der Waals surface area contributed by atoms with Crippen LogP contribution in [-0.4, -0.2) is 42.4 Å². The van der Waals surface area contributed by atoms with E-state index in [4.69, 9.17) is 9.84 Å². The first-order valence-electron chi connectivity index (χ1n) is 5.16. The molecule has 8 heteroatoms. The molecule has 0 rings (SSSR count). The number of amides is 1. The van der Waals surface area contributed by atoms with Crippen molar-refractivity contribution in [1.82, 2.24) is 5.32 Å². The van der Waals surface area contributed by atoms with Gasteiger partial charge in [-0.2, -0.15) is 13.2 Å². The van der Waals surface area contributed by atoms with E-state index in [0.29, 0.717) is 0 Å². The molecule has 2 N–H and O–H groups in total. The SMILES string of the molecule is COCC(C)(CC(=O)O)NC(=O)CCC(F)(F)F. The molecule has 0 aliphatic rings. The lowest BCUT2D eigenvalue weighted by Crippen LogP contribution is -2.50. The minimum Gasteiger partial charge on any atom is -0.481 e. The summed E-state index contributed by atoms with van der Waals surface area (Å²) in [5.74, 6) is -2.03. The smallest absolute Gasteiger partial charge is 0.389 e. The number of rotatable bonds is 7. The third-order valence-corrected chi connectivity index (χ3v) is 2.08. The van der Waals surface area contributed by atoms with Crippen molar-refractivity contribution in [2.45, 2.75) is 37.9 Å². The summed E-state index contributed by atoms with van der Waals surface area (Å²) in [7, 11) is 1.31. The molecule has 0 aliphatic carbocycles. The van der Waals surface area contributed by atoms with Crippen LogP contribution in [0.1, 0.15) is 26.2 Å². The maximum Gasteiger partial charge on any atom is 0.389 e. The molecular formula is C10H16F3NO4. The van der Waals surface area contributed by atoms with Gasteiger partial charge in [0.05, 0.1) is 25.0 Å². The highest BCUT2D eigenvalue weighted by Crippen LogP contribution is 2.21. The number of aliphatic carboxylic acids is 1. The number of carbonyl (C=O) groups is 2. The Bertz CT molecular complexity index is 306. The van der Waals surface area contributed by atoms with Crippen LogP contribution in [0.3, 0.4) is 0 Å². The summed E-state index contributed by atoms with van der Waals surface area (Å²) in [6, 6.07) is 0. The number of hydrogen-bond donors (Lipinski definition) is 2. The summed E-state index contributed by atoms with van der Waals surface area (Å²) < 4.78 is 40.5. The van der Waals surface area contributed by atoms with E-state index in [-0.39, 0.29) is 6.61 Å². The fourth-order valence-electron chi connectivity index (χ4n) is 1.44. The first-order chi connectivity index (χ1) is 8.08. The van der Waals surface area contributed by atoms with Gasteiger partial charge in [-0.3, -0.25) is 9.59 Å². The topological polar surface area (TPSA) is 75.6 Å². The van der Waals surface area contributed by atoms with E-state index in [1.54, 1.807) is 0 Å². The van der Waals surface area contributed by atoms with Gasteiger partial charge in [-0.05, 0) is 6.92 Å². The van der Waals surface area contributed by atoms with Crippen LogP contribution in [0.2, 0.25) is 0 Å². The van der Waals surface area contributed by atoms with Crippen LogP contribution >= 0.6 is 0 Å². The Labute approximate surface area is 102 Å². The van der Waals surface area contributed by atoms with Crippen molar-refractivity contribution in [2.75, 3.05) is 13.7 Å². The van der Waals surface area contributed by atoms with Gasteiger partial charge < -0.3 is 15.2 Å². The van der Waals surface area contributed by atoms with E-state index in [0.717, 1.165) is 0 Å². The lowest BCUT2D eigenvalue weighted by Gasteiger charge is -2.28. The second-order valence-corrected chi connectivity index (χ2v) is 4.23. The van der Waals surface area contributed by atoms with Gasteiger partial charge in [0.2, 0.25) is 5.91 Å². The van der Waals surface area contributed by atoms with Gasteiger partial charge in [-0.1, -0.05) is 0 Å². The number of carboxylic acids is 1. The largest absolute Gasteiger partial charge is 0.481 e. The lowest BCUT2D eigenvalue weighted by molar-refractivity contribution is -0.146. The second-order valence-electron chi connectivity index (χ2n) is 4.23. The summed E-state index contributed by atoms with van der Waals surface area (Å²) in [4.78, 5) is 21.9. The van der Waals surface area contributed by atoms with Crippen LogP contribution in [0.25, 0.3) is 0 Å². The third kappa shape index (κ3) is 7.88. The number of carbonyl (C=O) groups excluding carboxylic acids is 1. The van der Waals surface area contributed by atoms with E-state index in [1.165, 1.54) is 14.0 Å². The van der Waals surface area contributed by atoms with E-state index in [9.17, 15) is 22.8 Å². The molecule has 0 spiro atoms. The molecule has 0 fully saturated rings. The molecule has 1 atom stereocenters. The summed E-state index contributed by atoms with van der Waals surface area (Å²) in [6.45, 7) is 1.30. The Morgan fingerprint density at radius 1 is 1.33 bits per heavy atom. The summed E-state index contributed by atoms with van der Waals surface area (Å²) in [5, 5.41) is 10.9. The van der Waals surface area contributed by atoms with Crippen molar-refractivity contribution in [3.8, 4) is 0 Å². The number of nitrogens with one attached hydrogen (secondary N) is 1. The van der Waals surface area contributed by atoms with Crippen molar-refractivity contribution in [3.63, 3.8) is 0 Å². The maximum absolute atomic E-state index is 11.9. The van der Waals surface area contributed by atoms with Gasteiger partial charge in [0, 0.05) is 13.5 Å². The van der Waals surface area contributed by atoms with Crippen LogP contribution < -0.4 is 5.32 Å². The molecule has 0 aromatic heterocycles. The quantitative estimate of drug-likeness (QED) is 0.732. The molecule has 0 radical (unpaired) electrons. The predicted molar refractivity (Wildman–Crippen MR) is 56.0 cm³/mol. The predicted octanol–water partition coefficient (Wildman–Crippen LogP) is 1.32. The molecule has 0 aliphatic heterocycles. The van der Waals surface area contributed by atoms with Crippen molar-refractivity contribution in [1.29, 1.82) is 0 Å². The van der Waals surface area contributed by atoms with Crippen LogP contribution in [0.15, 0.2) is 0 Å². The molecular weight excluding hydrogens is 255 g/mol. The Morgan fingerprint density at radius 2 is 1.89 bits per heavy atom. The Hall–Kier alpha value is -1.31. The molecule has 0 aromatic rings. The van der Waals surface area contributed by atoms with Crippen molar-refractivity contribution >= 4 is 11.9 Å². The van der Waals surface area contributed by atoms with E-state index in [1.807, 2.05) is 0 Å². The molecule has 1 amide bonds. The van der Waals surface area contributed by atoms with Crippen molar-refractivity contribution in [2.24, 2.45) is 0 Å². The first-order valence-corrected chi connectivity index (χ1v) is 5.16. The second kappa shape index (κ2) is 6.58. The number of halogens is 3. The number of ether oxygens (including phenoxy) is 1. The Balaban J connectivity index is 4.40. The normalized spacial score (nSPS) is 14.9. The van der Waals surface area contributed by atoms with E-state index >= 15 is 0 Å². The van der Waals surface area contributed by atoms with E-state index in [2.05, 4.69) is 5.32 Å². The van der Waals surface area contributed by atoms with Crippen LogP contribution in [-0.2, 0) is 14.3 Å². The highest BCUT2D eigenvalue weighted by Gasteiger charge is 2.32. The van der Waals surface area contributed by atoms with Gasteiger partial charge in [-0.25, -0.2) is 0 Å². The van der Waals surface area contributed by atoms with Crippen molar-refractivity contribution in [3.05, 3.63) is 0 Å². The van der Waals surface area contributed by atoms with Gasteiger partial charge in [-0.15, -0.1) is 0 Å². The summed E-state index contributed by atoms with van der Waals surface area (Å²) in [6.07, 6.45) is -6.82. The summed E-state index contributed by atoms with van der Waals surface area (Å²) in [5.41, 5.74) is -1.22. The zero-order valence-electron chi connectivity index (χ0n) is 10.1. The minimum atomic E-state index is -4.41. The zero-order chi connectivity index (χ0) is 14.4. The molecule has 0 saturated heterocycles. The van der Waals surface area contributed by atoms with Gasteiger partial charge in [0.15, 0.2) is 0 Å². The van der Waals surface area contributed by atoms with E-state index < -0.39 is 42.9 Å². The number of alkyl halides is 3. The van der Waals surface area contributed by atoms with Crippen molar-refractivity contribution < 1.29 is 32.6 Å². The zero-order valence-corrected chi connectivity index (χ0v) is 10.1. The molecule has 0 saturated carbocycles. The monoisotopic (exact) mass is 271 g/mol. The van der Waals surface area contributed by atoms with Crippen LogP contribution in [0, 0.1) is 0 Å². The van der Waals surface area contributed by atoms with Gasteiger partial charge in [0.25, 0.3) is 0 Å². The fraction of sp³-hybridized carbons (Fsp3) is 0.800. The average Bonchev–Trinajstić information content (AvgIpc) is 2.12. The van der Waals surface area contributed by atoms with Gasteiger partial charge >= 0.3 is 12.1 Å². The third-order valence-electron chi connectivity index (χ3n) is 2.08. The number of methoxy groups -OCH3 is 1. The standard InChI is InChI=1S/C10H16F3NO4/c1-9(6-18-2,5-8(16)17)14-7(15)3-4-10(11,12)13/h3-6H2,1-2H3,(H,14,15)(H,16,17). The van der Waals surface area contributed by atoms with Crippen LogP contribution in [0.4, 0.5) is 13.2 Å². The average molecular weight is 271 g/mol. The Morgan fingerprint density at radius 3 is 2.28 bits per heavy atom. The molecule has 18 heavy (non-hydrogen) atoms. The first kappa shape index (κ1) is 16.7. The van der Waals surface area contributed by atoms with Crippen LogP contribution in [0.5, 0.6) is 0 Å².